The Hall–Kier alpha value is -2.69. The van der Waals surface area contributed by atoms with Crippen molar-refractivity contribution in [2.45, 2.75) is 24.9 Å². The fraction of sp³-hybridized carbons (Fsp3) is 0.308. The van der Waals surface area contributed by atoms with Crippen LogP contribution in [0.1, 0.15) is 18.4 Å². The first-order valence-corrected chi connectivity index (χ1v) is 10.8. The summed E-state index contributed by atoms with van der Waals surface area (Å²) in [7, 11) is 0. The molecule has 0 amide bonds. The van der Waals surface area contributed by atoms with Gasteiger partial charge in [0.05, 0.1) is 0 Å². The Morgan fingerprint density at radius 1 is 0.806 bits per heavy atom. The minimum Gasteiger partial charge on any atom is -0.481 e. The van der Waals surface area contributed by atoms with E-state index in [1.54, 1.807) is 0 Å². The standard InChI is InChI=1S/C26H25NO3.ClH/c1-3-7-21(8-4-1)28-23-15-19-17-26(18-27-13-11-20(26)12-14-27)30-25(19)24(16-23)29-22-9-5-2-6-10-22;/h1-10,15-16,20H,11-14,17-18H2;1H. The van der Waals surface area contributed by atoms with Gasteiger partial charge in [-0.25, -0.2) is 0 Å². The Bertz CT molecular complexity index is 1050. The molecule has 3 fully saturated rings. The predicted octanol–water partition coefficient (Wildman–Crippen LogP) is 6.09. The van der Waals surface area contributed by atoms with Crippen LogP contribution in [-0.4, -0.2) is 30.1 Å². The highest BCUT2D eigenvalue weighted by Gasteiger charge is 2.52. The molecule has 0 aliphatic carbocycles. The lowest BCUT2D eigenvalue weighted by Gasteiger charge is -2.50. The number of fused-ring (bicyclic) bond motifs is 3. The van der Waals surface area contributed by atoms with Crippen LogP contribution in [0.2, 0.25) is 0 Å². The number of ether oxygens (including phenoxy) is 3. The molecule has 1 spiro atoms. The zero-order valence-corrected chi connectivity index (χ0v) is 18.1. The molecule has 4 heterocycles. The normalized spacial score (nSPS) is 25.4. The van der Waals surface area contributed by atoms with Gasteiger partial charge >= 0.3 is 0 Å². The van der Waals surface area contributed by atoms with Gasteiger partial charge in [0.25, 0.3) is 0 Å². The van der Waals surface area contributed by atoms with Gasteiger partial charge in [-0.05, 0) is 56.3 Å². The fourth-order valence-corrected chi connectivity index (χ4v) is 5.26. The minimum absolute atomic E-state index is 0. The van der Waals surface area contributed by atoms with Crippen LogP contribution in [0.4, 0.5) is 0 Å². The van der Waals surface area contributed by atoms with Crippen molar-refractivity contribution in [1.29, 1.82) is 0 Å². The van der Waals surface area contributed by atoms with Crippen LogP contribution in [-0.2, 0) is 6.42 Å². The Morgan fingerprint density at radius 2 is 1.45 bits per heavy atom. The molecule has 4 aliphatic heterocycles. The molecule has 0 radical (unpaired) electrons. The summed E-state index contributed by atoms with van der Waals surface area (Å²) in [4.78, 5) is 2.55. The number of nitrogens with zero attached hydrogens (tertiary/aromatic N) is 1. The highest BCUT2D eigenvalue weighted by Crippen LogP contribution is 2.52. The van der Waals surface area contributed by atoms with E-state index in [0.717, 1.165) is 41.7 Å². The van der Waals surface area contributed by atoms with Crippen molar-refractivity contribution in [2.24, 2.45) is 5.92 Å². The van der Waals surface area contributed by atoms with Gasteiger partial charge in [0.15, 0.2) is 11.5 Å². The highest BCUT2D eigenvalue weighted by molar-refractivity contribution is 5.85. The molecule has 31 heavy (non-hydrogen) atoms. The maximum atomic E-state index is 6.76. The van der Waals surface area contributed by atoms with Gasteiger partial charge in [0.2, 0.25) is 0 Å². The second-order valence-corrected chi connectivity index (χ2v) is 8.63. The molecule has 5 heteroatoms. The first-order chi connectivity index (χ1) is 14.8. The van der Waals surface area contributed by atoms with Crippen molar-refractivity contribution in [2.75, 3.05) is 19.6 Å². The molecule has 7 rings (SSSR count). The van der Waals surface area contributed by atoms with Gasteiger partial charge in [-0.3, -0.25) is 4.90 Å². The van der Waals surface area contributed by atoms with Crippen LogP contribution in [0.25, 0.3) is 0 Å². The number of rotatable bonds is 4. The zero-order valence-electron chi connectivity index (χ0n) is 17.3. The van der Waals surface area contributed by atoms with E-state index in [4.69, 9.17) is 14.2 Å². The molecule has 4 aliphatic rings. The van der Waals surface area contributed by atoms with Crippen LogP contribution < -0.4 is 14.2 Å². The Morgan fingerprint density at radius 3 is 2.06 bits per heavy atom. The topological polar surface area (TPSA) is 30.9 Å². The summed E-state index contributed by atoms with van der Waals surface area (Å²) in [6.45, 7) is 3.40. The highest BCUT2D eigenvalue weighted by atomic mass is 35.5. The number of hydrogen-bond acceptors (Lipinski definition) is 4. The first kappa shape index (κ1) is 20.2. The van der Waals surface area contributed by atoms with E-state index in [9.17, 15) is 0 Å². The minimum atomic E-state index is -0.126. The van der Waals surface area contributed by atoms with Gasteiger partial charge in [-0.2, -0.15) is 0 Å². The Labute approximate surface area is 189 Å². The largest absolute Gasteiger partial charge is 0.481 e. The monoisotopic (exact) mass is 435 g/mol. The van der Waals surface area contributed by atoms with E-state index in [-0.39, 0.29) is 18.0 Å². The molecular weight excluding hydrogens is 410 g/mol. The van der Waals surface area contributed by atoms with Crippen LogP contribution in [0.15, 0.2) is 72.8 Å². The summed E-state index contributed by atoms with van der Waals surface area (Å²) < 4.78 is 19.2. The second-order valence-electron chi connectivity index (χ2n) is 8.63. The van der Waals surface area contributed by atoms with Crippen LogP contribution >= 0.6 is 12.4 Å². The van der Waals surface area contributed by atoms with Crippen molar-refractivity contribution in [1.82, 2.24) is 4.90 Å². The molecule has 0 saturated carbocycles. The quantitative estimate of drug-likeness (QED) is 0.496. The maximum absolute atomic E-state index is 6.76. The summed E-state index contributed by atoms with van der Waals surface area (Å²) in [5, 5.41) is 0. The Kier molecular flexibility index (Phi) is 5.28. The van der Waals surface area contributed by atoms with Crippen molar-refractivity contribution in [3.05, 3.63) is 78.4 Å². The zero-order chi connectivity index (χ0) is 20.0. The molecule has 0 aromatic heterocycles. The fourth-order valence-electron chi connectivity index (χ4n) is 5.26. The van der Waals surface area contributed by atoms with E-state index in [1.165, 1.54) is 31.5 Å². The summed E-state index contributed by atoms with van der Waals surface area (Å²) in [5.41, 5.74) is 1.06. The summed E-state index contributed by atoms with van der Waals surface area (Å²) in [6.07, 6.45) is 3.35. The van der Waals surface area contributed by atoms with E-state index in [2.05, 4.69) is 11.0 Å². The van der Waals surface area contributed by atoms with Crippen molar-refractivity contribution >= 4 is 12.4 Å². The van der Waals surface area contributed by atoms with Crippen molar-refractivity contribution < 1.29 is 14.2 Å². The van der Waals surface area contributed by atoms with Crippen molar-refractivity contribution in [3.63, 3.8) is 0 Å². The lowest BCUT2D eigenvalue weighted by atomic mass is 9.73. The molecule has 3 saturated heterocycles. The number of halogens is 1. The van der Waals surface area contributed by atoms with Crippen LogP contribution in [0, 0.1) is 5.92 Å². The summed E-state index contributed by atoms with van der Waals surface area (Å²) in [5.74, 6) is 4.63. The third-order valence-electron chi connectivity index (χ3n) is 6.67. The third-order valence-corrected chi connectivity index (χ3v) is 6.67. The van der Waals surface area contributed by atoms with E-state index in [1.807, 2.05) is 66.7 Å². The number of para-hydroxylation sites is 2. The second kappa shape index (κ2) is 8.10. The smallest absolute Gasteiger partial charge is 0.173 e. The molecule has 1 atom stereocenters. The van der Waals surface area contributed by atoms with Crippen LogP contribution in [0.3, 0.4) is 0 Å². The van der Waals surface area contributed by atoms with Gasteiger partial charge < -0.3 is 14.2 Å². The lowest BCUT2D eigenvalue weighted by Crippen LogP contribution is -2.61. The predicted molar refractivity (Wildman–Crippen MR) is 123 cm³/mol. The molecular formula is C26H26ClNO3. The van der Waals surface area contributed by atoms with Gasteiger partial charge in [-0.1, -0.05) is 36.4 Å². The van der Waals surface area contributed by atoms with E-state index >= 15 is 0 Å². The van der Waals surface area contributed by atoms with E-state index < -0.39 is 0 Å². The average molecular weight is 436 g/mol. The van der Waals surface area contributed by atoms with Crippen molar-refractivity contribution in [3.8, 4) is 28.7 Å². The van der Waals surface area contributed by atoms with Gasteiger partial charge in [0.1, 0.15) is 22.8 Å². The number of piperidine rings is 3. The first-order valence-electron chi connectivity index (χ1n) is 10.8. The molecule has 1 unspecified atom stereocenters. The SMILES string of the molecule is Cl.c1ccc(Oc2cc3c(c(Oc4ccccc4)c2)OC2(C3)CN3CCC2CC3)cc1. The average Bonchev–Trinajstić information content (AvgIpc) is 3.14. The lowest BCUT2D eigenvalue weighted by molar-refractivity contribution is -0.0803. The molecule has 3 aromatic carbocycles. The summed E-state index contributed by atoms with van der Waals surface area (Å²) in [6, 6.07) is 23.9. The van der Waals surface area contributed by atoms with Gasteiger partial charge in [0, 0.05) is 30.5 Å². The third kappa shape index (κ3) is 3.75. The number of hydrogen-bond donors (Lipinski definition) is 0. The molecule has 0 N–H and O–H groups in total. The molecule has 160 valence electrons. The van der Waals surface area contributed by atoms with E-state index in [0.29, 0.717) is 5.92 Å². The maximum Gasteiger partial charge on any atom is 0.173 e. The van der Waals surface area contributed by atoms with Crippen LogP contribution in [0.5, 0.6) is 28.7 Å². The molecule has 2 bridgehead atoms. The summed E-state index contributed by atoms with van der Waals surface area (Å²) >= 11 is 0. The van der Waals surface area contributed by atoms with Gasteiger partial charge in [-0.15, -0.1) is 12.4 Å². The molecule has 4 nitrogen and oxygen atoms in total. The molecule has 3 aromatic rings. The number of benzene rings is 3. The Balaban J connectivity index is 0.00000204.